The SMILES string of the molecule is O=c1c2ccc(Br)cc2cnn1Cc1ncco1. The molecule has 0 radical (unpaired) electrons. The van der Waals surface area contributed by atoms with Gasteiger partial charge in [-0.3, -0.25) is 4.79 Å². The van der Waals surface area contributed by atoms with Crippen LogP contribution in [0.3, 0.4) is 0 Å². The van der Waals surface area contributed by atoms with Crippen LogP contribution in [-0.4, -0.2) is 14.8 Å². The van der Waals surface area contributed by atoms with E-state index in [0.29, 0.717) is 11.3 Å². The Kier molecular flexibility index (Phi) is 2.71. The number of halogens is 1. The van der Waals surface area contributed by atoms with Gasteiger partial charge in [0.15, 0.2) is 0 Å². The molecule has 1 aromatic carbocycles. The third-order valence-corrected chi connectivity index (χ3v) is 3.08. The van der Waals surface area contributed by atoms with E-state index in [4.69, 9.17) is 4.42 Å². The highest BCUT2D eigenvalue weighted by Gasteiger charge is 2.07. The molecule has 0 aliphatic heterocycles. The quantitative estimate of drug-likeness (QED) is 0.728. The van der Waals surface area contributed by atoms with E-state index < -0.39 is 0 Å². The Hall–Kier alpha value is -1.95. The first kappa shape index (κ1) is 11.2. The van der Waals surface area contributed by atoms with Gasteiger partial charge in [0.2, 0.25) is 5.89 Å². The molecule has 0 bridgehead atoms. The van der Waals surface area contributed by atoms with Gasteiger partial charge < -0.3 is 4.42 Å². The standard InChI is InChI=1S/C12H8BrN3O2/c13-9-1-2-10-8(5-9)6-15-16(12(10)17)7-11-14-3-4-18-11/h1-6H,7H2. The van der Waals surface area contributed by atoms with Crippen molar-refractivity contribution in [3.8, 4) is 0 Å². The number of aromatic nitrogens is 3. The van der Waals surface area contributed by atoms with Crippen molar-refractivity contribution in [2.24, 2.45) is 0 Å². The molecule has 3 aromatic rings. The van der Waals surface area contributed by atoms with Crippen LogP contribution in [0, 0.1) is 0 Å². The number of hydrogen-bond donors (Lipinski definition) is 0. The fourth-order valence-electron chi connectivity index (χ4n) is 1.73. The summed E-state index contributed by atoms with van der Waals surface area (Å²) in [6, 6.07) is 5.47. The van der Waals surface area contributed by atoms with E-state index in [-0.39, 0.29) is 12.1 Å². The molecule has 0 fully saturated rings. The number of fused-ring (bicyclic) bond motifs is 1. The Morgan fingerprint density at radius 1 is 1.39 bits per heavy atom. The van der Waals surface area contributed by atoms with Gasteiger partial charge in [-0.2, -0.15) is 5.10 Å². The van der Waals surface area contributed by atoms with Gasteiger partial charge >= 0.3 is 0 Å². The molecule has 0 aliphatic rings. The van der Waals surface area contributed by atoms with E-state index in [1.54, 1.807) is 18.5 Å². The van der Waals surface area contributed by atoms with E-state index in [0.717, 1.165) is 9.86 Å². The number of oxazole rings is 1. The third kappa shape index (κ3) is 1.95. The fourth-order valence-corrected chi connectivity index (χ4v) is 2.11. The van der Waals surface area contributed by atoms with Gasteiger partial charge in [0, 0.05) is 9.86 Å². The smallest absolute Gasteiger partial charge is 0.275 e. The average Bonchev–Trinajstić information content (AvgIpc) is 2.85. The zero-order valence-electron chi connectivity index (χ0n) is 9.21. The molecular weight excluding hydrogens is 298 g/mol. The van der Waals surface area contributed by atoms with Crippen LogP contribution in [-0.2, 0) is 6.54 Å². The monoisotopic (exact) mass is 305 g/mol. The number of rotatable bonds is 2. The Labute approximate surface area is 110 Å². The van der Waals surface area contributed by atoms with Crippen molar-refractivity contribution >= 4 is 26.7 Å². The zero-order chi connectivity index (χ0) is 12.5. The topological polar surface area (TPSA) is 60.9 Å². The van der Waals surface area contributed by atoms with Gasteiger partial charge in [-0.25, -0.2) is 9.67 Å². The van der Waals surface area contributed by atoms with Crippen LogP contribution < -0.4 is 5.56 Å². The van der Waals surface area contributed by atoms with Crippen molar-refractivity contribution in [1.82, 2.24) is 14.8 Å². The molecule has 3 rings (SSSR count). The number of hydrogen-bond acceptors (Lipinski definition) is 4. The lowest BCUT2D eigenvalue weighted by atomic mass is 10.2. The summed E-state index contributed by atoms with van der Waals surface area (Å²) in [7, 11) is 0. The first-order chi connectivity index (χ1) is 8.74. The maximum Gasteiger partial charge on any atom is 0.275 e. The minimum atomic E-state index is -0.154. The zero-order valence-corrected chi connectivity index (χ0v) is 10.8. The normalized spacial score (nSPS) is 10.9. The first-order valence-corrected chi connectivity index (χ1v) is 6.07. The molecule has 5 nitrogen and oxygen atoms in total. The maximum absolute atomic E-state index is 12.2. The van der Waals surface area contributed by atoms with Gasteiger partial charge in [-0.1, -0.05) is 15.9 Å². The summed E-state index contributed by atoms with van der Waals surface area (Å²) in [5.74, 6) is 0.459. The minimum absolute atomic E-state index is 0.154. The molecule has 2 heterocycles. The molecule has 0 amide bonds. The van der Waals surface area contributed by atoms with Gasteiger partial charge in [-0.05, 0) is 18.2 Å². The molecule has 0 N–H and O–H groups in total. The summed E-state index contributed by atoms with van der Waals surface area (Å²) in [5.41, 5.74) is -0.154. The molecule has 0 spiro atoms. The van der Waals surface area contributed by atoms with Gasteiger partial charge in [0.05, 0.1) is 17.8 Å². The summed E-state index contributed by atoms with van der Waals surface area (Å²) in [5, 5.41) is 5.53. The van der Waals surface area contributed by atoms with Crippen molar-refractivity contribution < 1.29 is 4.42 Å². The highest BCUT2D eigenvalue weighted by atomic mass is 79.9. The Bertz CT molecular complexity index is 750. The summed E-state index contributed by atoms with van der Waals surface area (Å²) < 4.78 is 7.36. The summed E-state index contributed by atoms with van der Waals surface area (Å²) in [6.45, 7) is 0.234. The van der Waals surface area contributed by atoms with Crippen LogP contribution in [0.25, 0.3) is 10.8 Å². The van der Waals surface area contributed by atoms with Crippen molar-refractivity contribution in [3.05, 3.63) is 57.6 Å². The van der Waals surface area contributed by atoms with Crippen LogP contribution in [0.4, 0.5) is 0 Å². The highest BCUT2D eigenvalue weighted by molar-refractivity contribution is 9.10. The molecule has 0 aliphatic carbocycles. The van der Waals surface area contributed by atoms with Crippen LogP contribution >= 0.6 is 15.9 Å². The molecule has 6 heteroatoms. The summed E-state index contributed by atoms with van der Waals surface area (Å²) >= 11 is 3.36. The number of benzene rings is 1. The lowest BCUT2D eigenvalue weighted by molar-refractivity contribution is 0.458. The second kappa shape index (κ2) is 4.38. The van der Waals surface area contributed by atoms with Crippen LogP contribution in [0.5, 0.6) is 0 Å². The van der Waals surface area contributed by atoms with E-state index in [9.17, 15) is 4.79 Å². The Morgan fingerprint density at radius 2 is 2.28 bits per heavy atom. The minimum Gasteiger partial charge on any atom is -0.447 e. The molecule has 0 atom stereocenters. The van der Waals surface area contributed by atoms with Crippen molar-refractivity contribution in [2.45, 2.75) is 6.54 Å². The average molecular weight is 306 g/mol. The molecule has 0 saturated carbocycles. The van der Waals surface area contributed by atoms with Crippen molar-refractivity contribution in [2.75, 3.05) is 0 Å². The van der Waals surface area contributed by atoms with Gasteiger partial charge in [0.1, 0.15) is 12.8 Å². The molecule has 0 unspecified atom stereocenters. The number of nitrogens with zero attached hydrogens (tertiary/aromatic N) is 3. The van der Waals surface area contributed by atoms with E-state index in [2.05, 4.69) is 26.0 Å². The predicted molar refractivity (Wildman–Crippen MR) is 69.3 cm³/mol. The molecule has 2 aromatic heterocycles. The lowest BCUT2D eigenvalue weighted by Crippen LogP contribution is -2.23. The maximum atomic E-state index is 12.2. The molecule has 90 valence electrons. The van der Waals surface area contributed by atoms with Gasteiger partial charge in [0.25, 0.3) is 5.56 Å². The fraction of sp³-hybridized carbons (Fsp3) is 0.0833. The highest BCUT2D eigenvalue weighted by Crippen LogP contribution is 2.16. The first-order valence-electron chi connectivity index (χ1n) is 5.28. The van der Waals surface area contributed by atoms with E-state index >= 15 is 0 Å². The summed E-state index contributed by atoms with van der Waals surface area (Å²) in [4.78, 5) is 16.2. The van der Waals surface area contributed by atoms with E-state index in [1.165, 1.54) is 10.9 Å². The largest absolute Gasteiger partial charge is 0.447 e. The third-order valence-electron chi connectivity index (χ3n) is 2.58. The van der Waals surface area contributed by atoms with E-state index in [1.807, 2.05) is 12.1 Å². The summed E-state index contributed by atoms with van der Waals surface area (Å²) in [6.07, 6.45) is 4.67. The Balaban J connectivity index is 2.12. The van der Waals surface area contributed by atoms with Crippen molar-refractivity contribution in [1.29, 1.82) is 0 Å². The van der Waals surface area contributed by atoms with Crippen molar-refractivity contribution in [3.63, 3.8) is 0 Å². The molecule has 18 heavy (non-hydrogen) atoms. The predicted octanol–water partition coefficient (Wildman–Crippen LogP) is 2.20. The van der Waals surface area contributed by atoms with Crippen LogP contribution in [0.15, 0.2) is 50.5 Å². The van der Waals surface area contributed by atoms with Gasteiger partial charge in [-0.15, -0.1) is 0 Å². The second-order valence-corrected chi connectivity index (χ2v) is 4.68. The van der Waals surface area contributed by atoms with Crippen LogP contribution in [0.1, 0.15) is 5.89 Å². The molecular formula is C12H8BrN3O2. The lowest BCUT2D eigenvalue weighted by Gasteiger charge is -2.03. The molecule has 0 saturated heterocycles. The van der Waals surface area contributed by atoms with Crippen LogP contribution in [0.2, 0.25) is 0 Å². The second-order valence-electron chi connectivity index (χ2n) is 3.76. The Morgan fingerprint density at radius 3 is 3.06 bits per heavy atom.